The summed E-state index contributed by atoms with van der Waals surface area (Å²) >= 11 is 0. The van der Waals surface area contributed by atoms with Gasteiger partial charge in [-0.2, -0.15) is 0 Å². The molecular weight excluding hydrogens is 210 g/mol. The smallest absolute Gasteiger partial charge is 0.129 e. The Bertz CT molecular complexity index is 375. The van der Waals surface area contributed by atoms with Crippen LogP contribution in [0.3, 0.4) is 0 Å². The van der Waals surface area contributed by atoms with Gasteiger partial charge in [0.05, 0.1) is 0 Å². The molecule has 0 spiro atoms. The predicted molar refractivity (Wildman–Crippen MR) is 72.0 cm³/mol. The highest BCUT2D eigenvalue weighted by atomic mass is 15.2. The Kier molecular flexibility index (Phi) is 3.67. The Balaban J connectivity index is 2.19. The van der Waals surface area contributed by atoms with E-state index in [4.69, 9.17) is 5.73 Å². The van der Waals surface area contributed by atoms with Crippen molar-refractivity contribution in [2.24, 2.45) is 11.7 Å². The summed E-state index contributed by atoms with van der Waals surface area (Å²) in [7, 11) is 0. The van der Waals surface area contributed by atoms with E-state index in [0.717, 1.165) is 18.3 Å². The molecule has 94 valence electrons. The summed E-state index contributed by atoms with van der Waals surface area (Å²) in [5.74, 6) is 1.91. The van der Waals surface area contributed by atoms with Crippen molar-refractivity contribution in [2.45, 2.75) is 45.7 Å². The first-order chi connectivity index (χ1) is 8.08. The molecule has 0 bridgehead atoms. The molecule has 1 aliphatic rings. The number of piperidine rings is 1. The van der Waals surface area contributed by atoms with E-state index >= 15 is 0 Å². The highest BCUT2D eigenvalue weighted by Crippen LogP contribution is 2.27. The minimum absolute atomic E-state index is 0.0794. The van der Waals surface area contributed by atoms with Crippen LogP contribution in [0.25, 0.3) is 0 Å². The topological polar surface area (TPSA) is 42.1 Å². The van der Waals surface area contributed by atoms with Crippen LogP contribution in [-0.4, -0.2) is 17.6 Å². The number of anilines is 1. The largest absolute Gasteiger partial charge is 0.354 e. The average molecular weight is 233 g/mol. The van der Waals surface area contributed by atoms with Crippen LogP contribution in [0.1, 0.15) is 45.2 Å². The molecule has 2 N–H and O–H groups in total. The Morgan fingerprint density at radius 1 is 1.47 bits per heavy atom. The van der Waals surface area contributed by atoms with Gasteiger partial charge in [-0.25, -0.2) is 4.98 Å². The van der Waals surface area contributed by atoms with E-state index in [9.17, 15) is 0 Å². The van der Waals surface area contributed by atoms with Gasteiger partial charge in [0.15, 0.2) is 0 Å². The second-order valence-corrected chi connectivity index (χ2v) is 5.41. The van der Waals surface area contributed by atoms with Gasteiger partial charge in [-0.1, -0.05) is 6.92 Å². The molecule has 3 atom stereocenters. The molecule has 1 aromatic rings. The highest BCUT2D eigenvalue weighted by Gasteiger charge is 2.23. The molecule has 1 aliphatic heterocycles. The van der Waals surface area contributed by atoms with Gasteiger partial charge >= 0.3 is 0 Å². The lowest BCUT2D eigenvalue weighted by molar-refractivity contribution is 0.376. The van der Waals surface area contributed by atoms with Crippen LogP contribution in [0.4, 0.5) is 5.82 Å². The second-order valence-electron chi connectivity index (χ2n) is 5.41. The summed E-state index contributed by atoms with van der Waals surface area (Å²) in [6, 6.07) is 4.80. The van der Waals surface area contributed by atoms with E-state index in [2.05, 4.69) is 29.8 Å². The Labute approximate surface area is 104 Å². The maximum Gasteiger partial charge on any atom is 0.129 e. The van der Waals surface area contributed by atoms with Gasteiger partial charge in [-0.3, -0.25) is 0 Å². The van der Waals surface area contributed by atoms with Crippen molar-refractivity contribution in [3.8, 4) is 0 Å². The maximum atomic E-state index is 5.92. The van der Waals surface area contributed by atoms with E-state index in [1.807, 2.05) is 19.2 Å². The van der Waals surface area contributed by atoms with Crippen molar-refractivity contribution < 1.29 is 0 Å². The summed E-state index contributed by atoms with van der Waals surface area (Å²) < 4.78 is 0. The zero-order valence-corrected chi connectivity index (χ0v) is 11.1. The van der Waals surface area contributed by atoms with Gasteiger partial charge in [-0.05, 0) is 50.3 Å². The summed E-state index contributed by atoms with van der Waals surface area (Å²) in [4.78, 5) is 6.90. The molecule has 0 aromatic carbocycles. The van der Waals surface area contributed by atoms with Crippen molar-refractivity contribution in [3.05, 3.63) is 23.9 Å². The third-order valence-electron chi connectivity index (χ3n) is 3.73. The van der Waals surface area contributed by atoms with Crippen LogP contribution in [0.2, 0.25) is 0 Å². The molecule has 0 aliphatic carbocycles. The van der Waals surface area contributed by atoms with Gasteiger partial charge in [0.25, 0.3) is 0 Å². The van der Waals surface area contributed by atoms with Crippen LogP contribution in [0.15, 0.2) is 18.3 Å². The standard InChI is InChI=1S/C14H23N3/c1-10-5-7-17(11(2)8-10)14-9-13(12(3)15)4-6-16-14/h4,6,9-12H,5,7-8,15H2,1-3H3/t10?,11?,12-/m1/s1. The molecular formula is C14H23N3. The monoisotopic (exact) mass is 233 g/mol. The lowest BCUT2D eigenvalue weighted by atomic mass is 9.93. The fourth-order valence-corrected chi connectivity index (χ4v) is 2.62. The zero-order chi connectivity index (χ0) is 12.4. The molecule has 0 radical (unpaired) electrons. The van der Waals surface area contributed by atoms with Crippen molar-refractivity contribution in [3.63, 3.8) is 0 Å². The fourth-order valence-electron chi connectivity index (χ4n) is 2.62. The van der Waals surface area contributed by atoms with E-state index in [1.165, 1.54) is 18.4 Å². The molecule has 2 unspecified atom stereocenters. The van der Waals surface area contributed by atoms with Crippen LogP contribution in [0.5, 0.6) is 0 Å². The molecule has 2 heterocycles. The van der Waals surface area contributed by atoms with Gasteiger partial charge < -0.3 is 10.6 Å². The molecule has 2 rings (SSSR count). The number of nitrogens with two attached hydrogens (primary N) is 1. The summed E-state index contributed by atoms with van der Waals surface area (Å²) in [5.41, 5.74) is 7.09. The molecule has 1 saturated heterocycles. The Morgan fingerprint density at radius 3 is 2.88 bits per heavy atom. The van der Waals surface area contributed by atoms with Gasteiger partial charge in [0.2, 0.25) is 0 Å². The number of rotatable bonds is 2. The first-order valence-corrected chi connectivity index (χ1v) is 6.56. The van der Waals surface area contributed by atoms with Crippen molar-refractivity contribution in [1.82, 2.24) is 4.98 Å². The van der Waals surface area contributed by atoms with Gasteiger partial charge in [0.1, 0.15) is 5.82 Å². The minimum Gasteiger partial charge on any atom is -0.354 e. The average Bonchev–Trinajstić information content (AvgIpc) is 2.29. The number of pyridine rings is 1. The molecule has 1 fully saturated rings. The van der Waals surface area contributed by atoms with Gasteiger partial charge in [0, 0.05) is 24.8 Å². The normalized spacial score (nSPS) is 26.9. The molecule has 3 nitrogen and oxygen atoms in total. The first-order valence-electron chi connectivity index (χ1n) is 6.56. The number of nitrogens with zero attached hydrogens (tertiary/aromatic N) is 2. The fraction of sp³-hybridized carbons (Fsp3) is 0.643. The lowest BCUT2D eigenvalue weighted by Crippen LogP contribution is -2.40. The number of hydrogen-bond donors (Lipinski definition) is 1. The SMILES string of the molecule is CC1CCN(c2cc([C@@H](C)N)ccn2)C(C)C1. The lowest BCUT2D eigenvalue weighted by Gasteiger charge is -2.37. The third kappa shape index (κ3) is 2.78. The van der Waals surface area contributed by atoms with E-state index in [1.54, 1.807) is 0 Å². The highest BCUT2D eigenvalue weighted by molar-refractivity contribution is 5.43. The van der Waals surface area contributed by atoms with Crippen LogP contribution >= 0.6 is 0 Å². The number of hydrogen-bond acceptors (Lipinski definition) is 3. The predicted octanol–water partition coefficient (Wildman–Crippen LogP) is 2.73. The molecule has 0 amide bonds. The Hall–Kier alpha value is -1.09. The summed E-state index contributed by atoms with van der Waals surface area (Å²) in [6.45, 7) is 7.74. The van der Waals surface area contributed by atoms with Crippen molar-refractivity contribution >= 4 is 5.82 Å². The molecule has 0 saturated carbocycles. The maximum absolute atomic E-state index is 5.92. The van der Waals surface area contributed by atoms with Crippen LogP contribution < -0.4 is 10.6 Å². The van der Waals surface area contributed by atoms with Crippen LogP contribution in [0, 0.1) is 5.92 Å². The van der Waals surface area contributed by atoms with Crippen molar-refractivity contribution in [2.75, 3.05) is 11.4 Å². The summed E-state index contributed by atoms with van der Waals surface area (Å²) in [5, 5.41) is 0. The van der Waals surface area contributed by atoms with E-state index < -0.39 is 0 Å². The zero-order valence-electron chi connectivity index (χ0n) is 11.1. The van der Waals surface area contributed by atoms with E-state index in [-0.39, 0.29) is 6.04 Å². The second kappa shape index (κ2) is 5.05. The number of aromatic nitrogens is 1. The Morgan fingerprint density at radius 2 is 2.24 bits per heavy atom. The van der Waals surface area contributed by atoms with Crippen LogP contribution in [-0.2, 0) is 0 Å². The van der Waals surface area contributed by atoms with Crippen molar-refractivity contribution in [1.29, 1.82) is 0 Å². The molecule has 1 aromatic heterocycles. The first kappa shape index (κ1) is 12.4. The minimum atomic E-state index is 0.0794. The van der Waals surface area contributed by atoms with Gasteiger partial charge in [-0.15, -0.1) is 0 Å². The third-order valence-corrected chi connectivity index (χ3v) is 3.73. The molecule has 3 heteroatoms. The summed E-state index contributed by atoms with van der Waals surface area (Å²) in [6.07, 6.45) is 4.39. The quantitative estimate of drug-likeness (QED) is 0.854. The molecule has 17 heavy (non-hydrogen) atoms. The van der Waals surface area contributed by atoms with E-state index in [0.29, 0.717) is 6.04 Å².